The van der Waals surface area contributed by atoms with Gasteiger partial charge in [0, 0.05) is 10.6 Å². The normalized spacial score (nSPS) is 8.17. The molecule has 0 saturated carbocycles. The summed E-state index contributed by atoms with van der Waals surface area (Å²) in [5.74, 6) is 0.579. The van der Waals surface area contributed by atoms with Crippen LogP contribution in [0.1, 0.15) is 0 Å². The van der Waals surface area contributed by atoms with Crippen molar-refractivity contribution < 1.29 is 14.4 Å². The standard InChI is InChI=1S/C3H5N5.HO3P/c4-2-1-3(5)7-8-6-2;1-4(2)3/h1H,(H4,4,5,6,7);(H-,1,2,3)/p+1. The summed E-state index contributed by atoms with van der Waals surface area (Å²) in [6.45, 7) is 0. The lowest BCUT2D eigenvalue weighted by atomic mass is 10.6. The molecular weight excluding hydrogens is 185 g/mol. The van der Waals surface area contributed by atoms with E-state index in [1.165, 1.54) is 6.07 Å². The largest absolute Gasteiger partial charge is 0.692 e. The number of nitrogens with zero attached hydrogens (tertiary/aromatic N) is 3. The first-order chi connectivity index (χ1) is 5.52. The fraction of sp³-hybridized carbons (Fsp3) is 0. The van der Waals surface area contributed by atoms with E-state index in [9.17, 15) is 0 Å². The third-order valence-corrected chi connectivity index (χ3v) is 0.616. The van der Waals surface area contributed by atoms with E-state index < -0.39 is 8.25 Å². The average molecular weight is 192 g/mol. The maximum absolute atomic E-state index is 8.70. The molecule has 0 amide bonds. The van der Waals surface area contributed by atoms with Crippen molar-refractivity contribution in [3.8, 4) is 0 Å². The van der Waals surface area contributed by atoms with E-state index in [0.29, 0.717) is 0 Å². The van der Waals surface area contributed by atoms with Crippen LogP contribution in [0.2, 0.25) is 0 Å². The molecule has 0 aliphatic rings. The second-order valence-electron chi connectivity index (χ2n) is 1.54. The molecular formula is C3H7N5O3P+. The Morgan fingerprint density at radius 3 is 1.75 bits per heavy atom. The Hall–Kier alpha value is -1.37. The summed E-state index contributed by atoms with van der Waals surface area (Å²) in [5.41, 5.74) is 10.3. The van der Waals surface area contributed by atoms with Gasteiger partial charge in [-0.25, -0.2) is 0 Å². The van der Waals surface area contributed by atoms with Gasteiger partial charge in [-0.15, -0.1) is 20.0 Å². The first kappa shape index (κ1) is 10.6. The zero-order valence-electron chi connectivity index (χ0n) is 5.82. The van der Waals surface area contributed by atoms with Crippen LogP contribution in [0.15, 0.2) is 6.07 Å². The van der Waals surface area contributed by atoms with Crippen molar-refractivity contribution in [1.82, 2.24) is 15.4 Å². The molecule has 1 rings (SSSR count). The summed E-state index contributed by atoms with van der Waals surface area (Å²) in [7, 11) is -2.87. The lowest BCUT2D eigenvalue weighted by molar-refractivity contribution is 0.405. The summed E-state index contributed by atoms with van der Waals surface area (Å²) in [6, 6.07) is 1.44. The van der Waals surface area contributed by atoms with Gasteiger partial charge in [-0.1, -0.05) is 0 Å². The highest BCUT2D eigenvalue weighted by Crippen LogP contribution is 1.98. The monoisotopic (exact) mass is 192 g/mol. The van der Waals surface area contributed by atoms with Crippen LogP contribution in [-0.4, -0.2) is 25.2 Å². The second kappa shape index (κ2) is 5.30. The summed E-state index contributed by atoms with van der Waals surface area (Å²) < 4.78 is 8.70. The van der Waals surface area contributed by atoms with Crippen molar-refractivity contribution in [3.05, 3.63) is 6.07 Å². The number of nitrogen functional groups attached to an aromatic ring is 2. The highest BCUT2D eigenvalue weighted by Gasteiger charge is 1.93. The van der Waals surface area contributed by atoms with Crippen LogP contribution in [-0.2, 0) is 4.57 Å². The van der Waals surface area contributed by atoms with Gasteiger partial charge in [0.1, 0.15) is 0 Å². The third kappa shape index (κ3) is 6.75. The number of aromatic nitrogens is 3. The van der Waals surface area contributed by atoms with E-state index >= 15 is 0 Å². The van der Waals surface area contributed by atoms with Crippen LogP contribution < -0.4 is 11.5 Å². The number of hydrogen-bond acceptors (Lipinski definition) is 6. The molecule has 0 fully saturated rings. The predicted molar refractivity (Wildman–Crippen MR) is 40.7 cm³/mol. The van der Waals surface area contributed by atoms with Crippen molar-refractivity contribution in [2.45, 2.75) is 0 Å². The molecule has 6 N–H and O–H groups in total. The molecule has 1 aromatic rings. The Morgan fingerprint density at radius 2 is 1.58 bits per heavy atom. The van der Waals surface area contributed by atoms with Gasteiger partial charge in [0.05, 0.1) is 0 Å². The van der Waals surface area contributed by atoms with Crippen molar-refractivity contribution in [1.29, 1.82) is 0 Å². The maximum Gasteiger partial charge on any atom is 0.692 e. The van der Waals surface area contributed by atoms with Gasteiger partial charge in [0.25, 0.3) is 0 Å². The number of anilines is 2. The van der Waals surface area contributed by atoms with Gasteiger partial charge < -0.3 is 11.5 Å². The van der Waals surface area contributed by atoms with Crippen LogP contribution in [0.4, 0.5) is 11.6 Å². The fourth-order valence-corrected chi connectivity index (χ4v) is 0.335. The minimum absolute atomic E-state index is 0.289. The number of hydrogen-bond donors (Lipinski definition) is 4. The summed E-state index contributed by atoms with van der Waals surface area (Å²) in [4.78, 5) is 14.2. The van der Waals surface area contributed by atoms with Crippen LogP contribution in [0, 0.1) is 0 Å². The SMILES string of the molecule is Nc1cc(N)nnn1.O=[P+](O)O. The quantitative estimate of drug-likeness (QED) is 0.369. The molecule has 1 aromatic heterocycles. The Balaban J connectivity index is 0.000000261. The van der Waals surface area contributed by atoms with Crippen molar-refractivity contribution in [2.75, 3.05) is 11.5 Å². The van der Waals surface area contributed by atoms with E-state index in [2.05, 4.69) is 15.4 Å². The minimum Gasteiger partial charge on any atom is -0.382 e. The van der Waals surface area contributed by atoms with E-state index in [-0.39, 0.29) is 11.6 Å². The van der Waals surface area contributed by atoms with E-state index in [4.69, 9.17) is 25.8 Å². The molecule has 9 heteroatoms. The van der Waals surface area contributed by atoms with Gasteiger partial charge >= 0.3 is 8.25 Å². The second-order valence-corrected chi connectivity index (χ2v) is 2.04. The van der Waals surface area contributed by atoms with Crippen molar-refractivity contribution in [2.24, 2.45) is 0 Å². The first-order valence-corrected chi connectivity index (χ1v) is 3.75. The summed E-state index contributed by atoms with van der Waals surface area (Å²) >= 11 is 0. The first-order valence-electron chi connectivity index (χ1n) is 2.58. The smallest absolute Gasteiger partial charge is 0.382 e. The van der Waals surface area contributed by atoms with Crippen molar-refractivity contribution in [3.63, 3.8) is 0 Å². The molecule has 0 saturated heterocycles. The maximum atomic E-state index is 8.70. The molecule has 0 radical (unpaired) electrons. The number of rotatable bonds is 0. The van der Waals surface area contributed by atoms with E-state index in [1.54, 1.807) is 0 Å². The molecule has 0 aliphatic carbocycles. The molecule has 66 valence electrons. The van der Waals surface area contributed by atoms with Crippen LogP contribution in [0.3, 0.4) is 0 Å². The van der Waals surface area contributed by atoms with Crippen LogP contribution in [0.25, 0.3) is 0 Å². The van der Waals surface area contributed by atoms with Gasteiger partial charge in [0.15, 0.2) is 11.6 Å². The molecule has 8 nitrogen and oxygen atoms in total. The van der Waals surface area contributed by atoms with Gasteiger partial charge in [-0.3, -0.25) is 0 Å². The van der Waals surface area contributed by atoms with E-state index in [0.717, 1.165) is 0 Å². The highest BCUT2D eigenvalue weighted by atomic mass is 31.1. The third-order valence-electron chi connectivity index (χ3n) is 0.616. The molecule has 0 aromatic carbocycles. The summed E-state index contributed by atoms with van der Waals surface area (Å²) in [6.07, 6.45) is 0. The molecule has 0 bridgehead atoms. The molecule has 12 heavy (non-hydrogen) atoms. The van der Waals surface area contributed by atoms with Gasteiger partial charge in [-0.05, 0) is 5.21 Å². The zero-order chi connectivity index (χ0) is 9.56. The zero-order valence-corrected chi connectivity index (χ0v) is 6.72. The van der Waals surface area contributed by atoms with Gasteiger partial charge in [0.2, 0.25) is 0 Å². The summed E-state index contributed by atoms with van der Waals surface area (Å²) in [5, 5.41) is 9.99. The fourth-order valence-electron chi connectivity index (χ4n) is 0.335. The molecule has 0 spiro atoms. The average Bonchev–Trinajstić information content (AvgIpc) is 1.84. The molecule has 0 unspecified atom stereocenters. The molecule has 0 atom stereocenters. The Kier molecular flexibility index (Phi) is 4.70. The van der Waals surface area contributed by atoms with Crippen molar-refractivity contribution >= 4 is 19.9 Å². The topological polar surface area (TPSA) is 148 Å². The van der Waals surface area contributed by atoms with Crippen LogP contribution in [0.5, 0.6) is 0 Å². The number of nitrogens with two attached hydrogens (primary N) is 2. The lowest BCUT2D eigenvalue weighted by Gasteiger charge is -1.87. The highest BCUT2D eigenvalue weighted by molar-refractivity contribution is 7.30. The lowest BCUT2D eigenvalue weighted by Crippen LogP contribution is -1.98. The van der Waals surface area contributed by atoms with E-state index in [1.807, 2.05) is 0 Å². The predicted octanol–water partition coefficient (Wildman–Crippen LogP) is -1.34. The molecule has 0 aliphatic heterocycles. The molecule has 1 heterocycles. The minimum atomic E-state index is -2.87. The Labute approximate surface area is 68.2 Å². The Morgan fingerprint density at radius 1 is 1.25 bits per heavy atom. The van der Waals surface area contributed by atoms with Crippen LogP contribution >= 0.6 is 8.25 Å². The van der Waals surface area contributed by atoms with Gasteiger partial charge in [-0.2, -0.15) is 0 Å². The Bertz CT molecular complexity index is 247.